The highest BCUT2D eigenvalue weighted by molar-refractivity contribution is 5.98. The first-order valence-corrected chi connectivity index (χ1v) is 5.23. The number of H-pyrrole nitrogens is 1. The maximum Gasteiger partial charge on any atom is 0.300 e. The van der Waals surface area contributed by atoms with Crippen molar-refractivity contribution in [3.63, 3.8) is 0 Å². The summed E-state index contributed by atoms with van der Waals surface area (Å²) >= 11 is 0. The van der Waals surface area contributed by atoms with Crippen molar-refractivity contribution in [3.05, 3.63) is 46.2 Å². The second kappa shape index (κ2) is 5.12. The number of hydrogen-bond donors (Lipinski definition) is 3. The number of aromatic nitrogens is 3. The summed E-state index contributed by atoms with van der Waals surface area (Å²) in [5.74, 6) is -0.562. The summed E-state index contributed by atoms with van der Waals surface area (Å²) in [5, 5.41) is 13.3. The highest BCUT2D eigenvalue weighted by Gasteiger charge is 2.21. The zero-order valence-electron chi connectivity index (χ0n) is 9.66. The van der Waals surface area contributed by atoms with Crippen LogP contribution in [0.25, 0.3) is 0 Å². The van der Waals surface area contributed by atoms with E-state index in [2.05, 4.69) is 20.3 Å². The molecule has 0 saturated carbocycles. The van der Waals surface area contributed by atoms with Crippen molar-refractivity contribution in [1.29, 1.82) is 0 Å². The number of hydrogen-bond acceptors (Lipinski definition) is 6. The molecule has 1 amide bonds. The average Bonchev–Trinajstić information content (AvgIpc) is 2.88. The molecule has 0 bridgehead atoms. The zero-order valence-corrected chi connectivity index (χ0v) is 9.66. The van der Waals surface area contributed by atoms with Crippen molar-refractivity contribution in [2.24, 2.45) is 0 Å². The minimum atomic E-state index is -0.683. The number of aromatic amines is 1. The first-order valence-electron chi connectivity index (χ1n) is 5.23. The number of nitrogens with two attached hydrogens (primary N) is 1. The van der Waals surface area contributed by atoms with Gasteiger partial charge in [0.2, 0.25) is 0 Å². The van der Waals surface area contributed by atoms with Gasteiger partial charge in [-0.3, -0.25) is 14.9 Å². The predicted octanol–water partition coefficient (Wildman–Crippen LogP) is 0.225. The lowest BCUT2D eigenvalue weighted by molar-refractivity contribution is -0.385. The number of carbonyl (C=O) groups is 1. The molecule has 0 saturated heterocycles. The summed E-state index contributed by atoms with van der Waals surface area (Å²) in [6.45, 7) is 0.179. The Morgan fingerprint density at radius 2 is 2.32 bits per heavy atom. The molecule has 2 rings (SSSR count). The van der Waals surface area contributed by atoms with Crippen LogP contribution in [0.5, 0.6) is 0 Å². The summed E-state index contributed by atoms with van der Waals surface area (Å²) < 4.78 is 0. The average molecular weight is 262 g/mol. The first-order chi connectivity index (χ1) is 9.08. The molecule has 2 heterocycles. The number of nitrogen functional groups attached to an aromatic ring is 1. The van der Waals surface area contributed by atoms with Gasteiger partial charge in [-0.05, 0) is 6.07 Å². The monoisotopic (exact) mass is 262 g/mol. The van der Waals surface area contributed by atoms with E-state index < -0.39 is 16.5 Å². The molecule has 4 N–H and O–H groups in total. The zero-order chi connectivity index (χ0) is 13.8. The Bertz CT molecular complexity index is 610. The fourth-order valence-electron chi connectivity index (χ4n) is 1.44. The van der Waals surface area contributed by atoms with Crippen molar-refractivity contribution in [2.45, 2.75) is 6.54 Å². The summed E-state index contributed by atoms with van der Waals surface area (Å²) in [5.41, 5.74) is 5.58. The molecule has 98 valence electrons. The van der Waals surface area contributed by atoms with E-state index in [0.29, 0.717) is 5.69 Å². The molecule has 0 aliphatic rings. The Labute approximate surface area is 107 Å². The molecular formula is C10H10N6O3. The number of nitrogens with one attached hydrogen (secondary N) is 2. The van der Waals surface area contributed by atoms with Gasteiger partial charge in [0.25, 0.3) is 11.6 Å². The molecule has 0 fully saturated rings. The summed E-state index contributed by atoms with van der Waals surface area (Å²) in [6.07, 6.45) is 3.96. The van der Waals surface area contributed by atoms with Crippen LogP contribution in [-0.2, 0) is 6.54 Å². The lowest BCUT2D eigenvalue weighted by atomic mass is 10.2. The molecule has 19 heavy (non-hydrogen) atoms. The van der Waals surface area contributed by atoms with Gasteiger partial charge in [0.15, 0.2) is 0 Å². The van der Waals surface area contributed by atoms with Crippen molar-refractivity contribution in [3.8, 4) is 0 Å². The highest BCUT2D eigenvalue weighted by Crippen LogP contribution is 2.18. The van der Waals surface area contributed by atoms with E-state index in [1.807, 2.05) is 0 Å². The lowest BCUT2D eigenvalue weighted by Crippen LogP contribution is -2.24. The van der Waals surface area contributed by atoms with Crippen LogP contribution in [0.2, 0.25) is 0 Å². The van der Waals surface area contributed by atoms with E-state index in [1.54, 1.807) is 0 Å². The molecule has 2 aromatic rings. The van der Waals surface area contributed by atoms with Crippen LogP contribution in [0.15, 0.2) is 24.8 Å². The fraction of sp³-hybridized carbons (Fsp3) is 0.100. The van der Waals surface area contributed by atoms with E-state index in [9.17, 15) is 14.9 Å². The topological polar surface area (TPSA) is 140 Å². The second-order valence-electron chi connectivity index (χ2n) is 3.64. The summed E-state index contributed by atoms with van der Waals surface area (Å²) in [4.78, 5) is 32.2. The molecule has 0 aliphatic carbocycles. The van der Waals surface area contributed by atoms with Crippen LogP contribution in [0.1, 0.15) is 16.1 Å². The number of carbonyl (C=O) groups excluding carboxylic acids is 1. The molecule has 0 radical (unpaired) electrons. The molecule has 0 aliphatic heterocycles. The van der Waals surface area contributed by atoms with Gasteiger partial charge in [-0.25, -0.2) is 9.97 Å². The standard InChI is InChI=1S/C10H10N6O3/c11-9-1-7(8(4-13-9)16(18)19)10(17)14-3-6-2-12-5-15-6/h1-2,4-5H,3H2,(H2,11,13)(H,12,15)(H,14,17). The molecule has 0 aromatic carbocycles. The van der Waals surface area contributed by atoms with Gasteiger partial charge in [-0.15, -0.1) is 0 Å². The smallest absolute Gasteiger partial charge is 0.300 e. The second-order valence-corrected chi connectivity index (χ2v) is 3.64. The van der Waals surface area contributed by atoms with Gasteiger partial charge in [0.1, 0.15) is 17.6 Å². The minimum Gasteiger partial charge on any atom is -0.384 e. The quantitative estimate of drug-likeness (QED) is 0.532. The Balaban J connectivity index is 2.18. The molecule has 9 nitrogen and oxygen atoms in total. The third-order valence-corrected chi connectivity index (χ3v) is 2.34. The first kappa shape index (κ1) is 12.5. The number of nitro groups is 1. The molecule has 9 heteroatoms. The van der Waals surface area contributed by atoms with Crippen LogP contribution >= 0.6 is 0 Å². The number of anilines is 1. The third kappa shape index (κ3) is 2.83. The number of nitrogens with zero attached hydrogens (tertiary/aromatic N) is 3. The largest absolute Gasteiger partial charge is 0.384 e. The van der Waals surface area contributed by atoms with Gasteiger partial charge in [-0.1, -0.05) is 0 Å². The van der Waals surface area contributed by atoms with Crippen molar-refractivity contribution in [1.82, 2.24) is 20.3 Å². The molecule has 0 atom stereocenters. The molecule has 0 unspecified atom stereocenters. The van der Waals surface area contributed by atoms with Crippen molar-refractivity contribution in [2.75, 3.05) is 5.73 Å². The Hall–Kier alpha value is -2.97. The van der Waals surface area contributed by atoms with E-state index in [-0.39, 0.29) is 17.9 Å². The van der Waals surface area contributed by atoms with E-state index in [1.165, 1.54) is 18.6 Å². The van der Waals surface area contributed by atoms with Gasteiger partial charge in [0.05, 0.1) is 23.5 Å². The number of amides is 1. The Kier molecular flexibility index (Phi) is 3.37. The maximum atomic E-state index is 11.9. The normalized spacial score (nSPS) is 10.1. The Morgan fingerprint density at radius 1 is 1.53 bits per heavy atom. The van der Waals surface area contributed by atoms with Gasteiger partial charge < -0.3 is 16.0 Å². The Morgan fingerprint density at radius 3 is 2.95 bits per heavy atom. The minimum absolute atomic E-state index is 0.0392. The van der Waals surface area contributed by atoms with E-state index in [0.717, 1.165) is 6.20 Å². The van der Waals surface area contributed by atoms with E-state index >= 15 is 0 Å². The van der Waals surface area contributed by atoms with Crippen LogP contribution in [0.4, 0.5) is 11.5 Å². The summed E-state index contributed by atoms with van der Waals surface area (Å²) in [7, 11) is 0. The summed E-state index contributed by atoms with van der Waals surface area (Å²) in [6, 6.07) is 1.17. The SMILES string of the molecule is Nc1cc(C(=O)NCc2cnc[nH]2)c([N+](=O)[O-])cn1. The van der Waals surface area contributed by atoms with Gasteiger partial charge in [-0.2, -0.15) is 0 Å². The number of imidazole rings is 1. The van der Waals surface area contributed by atoms with E-state index in [4.69, 9.17) is 5.73 Å². The van der Waals surface area contributed by atoms with Crippen LogP contribution < -0.4 is 11.1 Å². The van der Waals surface area contributed by atoms with Crippen LogP contribution in [-0.4, -0.2) is 25.8 Å². The number of pyridine rings is 1. The van der Waals surface area contributed by atoms with Crippen LogP contribution in [0.3, 0.4) is 0 Å². The third-order valence-electron chi connectivity index (χ3n) is 2.34. The maximum absolute atomic E-state index is 11.9. The predicted molar refractivity (Wildman–Crippen MR) is 65.1 cm³/mol. The van der Waals surface area contributed by atoms with Gasteiger partial charge in [0, 0.05) is 6.20 Å². The van der Waals surface area contributed by atoms with Crippen molar-refractivity contribution >= 4 is 17.4 Å². The fourth-order valence-corrected chi connectivity index (χ4v) is 1.44. The molecular weight excluding hydrogens is 252 g/mol. The van der Waals surface area contributed by atoms with Crippen LogP contribution in [0, 0.1) is 10.1 Å². The molecule has 2 aromatic heterocycles. The molecule has 0 spiro atoms. The number of rotatable bonds is 4. The van der Waals surface area contributed by atoms with Gasteiger partial charge >= 0.3 is 0 Å². The highest BCUT2D eigenvalue weighted by atomic mass is 16.6. The van der Waals surface area contributed by atoms with Crippen molar-refractivity contribution < 1.29 is 9.72 Å². The lowest BCUT2D eigenvalue weighted by Gasteiger charge is -2.05.